The molecule has 1 aromatic heterocycles. The van der Waals surface area contributed by atoms with Crippen LogP contribution in [-0.2, 0) is 19.6 Å². The van der Waals surface area contributed by atoms with Crippen molar-refractivity contribution in [1.82, 2.24) is 14.8 Å². The van der Waals surface area contributed by atoms with Crippen LogP contribution in [-0.4, -0.2) is 66.5 Å². The van der Waals surface area contributed by atoms with Gasteiger partial charge in [-0.3, -0.25) is 15.0 Å². The molecule has 166 valence electrons. The maximum Gasteiger partial charge on any atom is 0.266 e. The van der Waals surface area contributed by atoms with E-state index in [9.17, 15) is 13.2 Å². The van der Waals surface area contributed by atoms with Crippen LogP contribution in [0.1, 0.15) is 50.1 Å². The molecule has 30 heavy (non-hydrogen) atoms. The van der Waals surface area contributed by atoms with E-state index in [4.69, 9.17) is 14.7 Å². The molecule has 0 spiro atoms. The molecular weight excluding hydrogens is 410 g/mol. The highest BCUT2D eigenvalue weighted by Crippen LogP contribution is 2.36. The van der Waals surface area contributed by atoms with Crippen molar-refractivity contribution in [2.24, 2.45) is 5.92 Å². The molecule has 1 aromatic rings. The van der Waals surface area contributed by atoms with Gasteiger partial charge in [0.1, 0.15) is 5.75 Å². The van der Waals surface area contributed by atoms with Crippen molar-refractivity contribution in [3.8, 4) is 5.75 Å². The third kappa shape index (κ3) is 4.18. The largest absolute Gasteiger partial charge is 0.492 e. The van der Waals surface area contributed by atoms with Gasteiger partial charge in [-0.05, 0) is 43.7 Å². The topological polar surface area (TPSA) is 118 Å². The number of sulfonamides is 1. The molecule has 3 heterocycles. The van der Waals surface area contributed by atoms with E-state index >= 15 is 0 Å². The van der Waals surface area contributed by atoms with E-state index in [1.807, 2.05) is 12.1 Å². The fourth-order valence-corrected chi connectivity index (χ4v) is 6.41. The summed E-state index contributed by atoms with van der Waals surface area (Å²) in [6.07, 6.45) is 5.53. The summed E-state index contributed by atoms with van der Waals surface area (Å²) in [5, 5.41) is 9.16. The Bertz CT molecular complexity index is 842. The first kappa shape index (κ1) is 21.5. The predicted octanol–water partition coefficient (Wildman–Crippen LogP) is 1.43. The van der Waals surface area contributed by atoms with Gasteiger partial charge in [-0.2, -0.15) is 0 Å². The van der Waals surface area contributed by atoms with Crippen LogP contribution >= 0.6 is 0 Å². The number of nitrogens with zero attached hydrogens (tertiary/aromatic N) is 2. The fourth-order valence-electron chi connectivity index (χ4n) is 4.26. The van der Waals surface area contributed by atoms with Crippen LogP contribution in [0.3, 0.4) is 0 Å². The molecule has 2 aliphatic heterocycles. The summed E-state index contributed by atoms with van der Waals surface area (Å²) in [5.41, 5.74) is 2.49. The average Bonchev–Trinajstić information content (AvgIpc) is 3.62. The minimum atomic E-state index is -3.94. The number of piperidine rings is 1. The zero-order valence-electron chi connectivity index (χ0n) is 17.0. The highest BCUT2D eigenvalue weighted by Gasteiger charge is 2.54. The lowest BCUT2D eigenvalue weighted by molar-refractivity contribution is -0.134. The van der Waals surface area contributed by atoms with Crippen LogP contribution in [0.4, 0.5) is 0 Å². The summed E-state index contributed by atoms with van der Waals surface area (Å²) in [5.74, 6) is 0.729. The Hall–Kier alpha value is -1.75. The summed E-state index contributed by atoms with van der Waals surface area (Å²) < 4.78 is 37.4. The number of pyridine rings is 1. The Balaban J connectivity index is 1.39. The number of hydrogen-bond donors (Lipinski definition) is 2. The van der Waals surface area contributed by atoms with Crippen molar-refractivity contribution in [3.63, 3.8) is 0 Å². The summed E-state index contributed by atoms with van der Waals surface area (Å²) in [6, 6.07) is 3.88. The average molecular weight is 440 g/mol. The van der Waals surface area contributed by atoms with Gasteiger partial charge < -0.3 is 9.47 Å². The van der Waals surface area contributed by atoms with Crippen molar-refractivity contribution < 1.29 is 27.9 Å². The molecule has 0 atom stereocenters. The van der Waals surface area contributed by atoms with E-state index in [0.717, 1.165) is 18.1 Å². The smallest absolute Gasteiger partial charge is 0.266 e. The van der Waals surface area contributed by atoms with Gasteiger partial charge in [-0.1, -0.05) is 0 Å². The lowest BCUT2D eigenvalue weighted by Gasteiger charge is -2.40. The van der Waals surface area contributed by atoms with E-state index in [1.54, 1.807) is 11.7 Å². The van der Waals surface area contributed by atoms with Crippen molar-refractivity contribution in [2.75, 3.05) is 32.9 Å². The molecule has 9 nitrogen and oxygen atoms in total. The minimum Gasteiger partial charge on any atom is -0.492 e. The number of hydrogen-bond acceptors (Lipinski definition) is 7. The summed E-state index contributed by atoms with van der Waals surface area (Å²) >= 11 is 0. The summed E-state index contributed by atoms with van der Waals surface area (Å²) in [4.78, 5) is 16.9. The second-order valence-corrected chi connectivity index (χ2v) is 10.6. The molecule has 1 amide bonds. The predicted molar refractivity (Wildman–Crippen MR) is 108 cm³/mol. The third-order valence-corrected chi connectivity index (χ3v) is 9.09. The number of carbonyl (C=O) groups is 1. The van der Waals surface area contributed by atoms with E-state index in [1.165, 1.54) is 17.1 Å². The molecule has 0 aromatic carbocycles. The molecule has 0 radical (unpaired) electrons. The molecule has 1 aliphatic carbocycles. The van der Waals surface area contributed by atoms with E-state index in [2.05, 4.69) is 4.98 Å². The first-order valence-corrected chi connectivity index (χ1v) is 12.0. The number of ether oxygens (including phenoxy) is 2. The van der Waals surface area contributed by atoms with Gasteiger partial charge in [0.25, 0.3) is 5.91 Å². The first-order chi connectivity index (χ1) is 14.5. The zero-order valence-corrected chi connectivity index (χ0v) is 17.8. The van der Waals surface area contributed by atoms with Gasteiger partial charge in [-0.25, -0.2) is 18.2 Å². The maximum absolute atomic E-state index is 13.3. The number of rotatable bonds is 7. The van der Waals surface area contributed by atoms with Crippen LogP contribution in [0.5, 0.6) is 5.75 Å². The van der Waals surface area contributed by atoms with Crippen molar-refractivity contribution in [1.29, 1.82) is 0 Å². The fraction of sp³-hybridized carbons (Fsp3) is 0.700. The molecule has 0 bridgehead atoms. The highest BCUT2D eigenvalue weighted by molar-refractivity contribution is 7.91. The Morgan fingerprint density at radius 3 is 2.50 bits per heavy atom. The minimum absolute atomic E-state index is 0.0333. The van der Waals surface area contributed by atoms with Crippen LogP contribution in [0.25, 0.3) is 0 Å². The van der Waals surface area contributed by atoms with Gasteiger partial charge in [0, 0.05) is 50.8 Å². The molecule has 2 N–H and O–H groups in total. The zero-order chi connectivity index (χ0) is 21.2. The number of hydroxylamine groups is 1. The van der Waals surface area contributed by atoms with Crippen molar-refractivity contribution >= 4 is 15.9 Å². The number of nitrogens with one attached hydrogen (secondary N) is 1. The Morgan fingerprint density at radius 2 is 1.93 bits per heavy atom. The van der Waals surface area contributed by atoms with Gasteiger partial charge in [0.15, 0.2) is 4.75 Å². The number of carbonyl (C=O) groups excluding carboxylic acids is 1. The molecule has 3 aliphatic rings. The molecule has 4 rings (SSSR count). The van der Waals surface area contributed by atoms with E-state index in [0.29, 0.717) is 31.8 Å². The lowest BCUT2D eigenvalue weighted by atomic mass is 9.94. The van der Waals surface area contributed by atoms with Gasteiger partial charge in [0.05, 0.1) is 12.8 Å². The van der Waals surface area contributed by atoms with Gasteiger partial charge in [-0.15, -0.1) is 0 Å². The lowest BCUT2D eigenvalue weighted by Crippen LogP contribution is -2.60. The standard InChI is InChI=1S/C20H29N3O6S/c24-19(22-25)20(7-11-28-12-8-20)30(26,27)23-9-5-16(6-10-23)18-4-3-17(13-21-18)29-14-15-1-2-15/h3-4,13,15-16,25H,1-2,5-12,14H2,(H,22,24). The third-order valence-electron chi connectivity index (χ3n) is 6.46. The van der Waals surface area contributed by atoms with Crippen molar-refractivity contribution in [2.45, 2.75) is 49.2 Å². The normalized spacial score (nSPS) is 23.1. The summed E-state index contributed by atoms with van der Waals surface area (Å²) in [7, 11) is -3.94. The number of amides is 1. The Kier molecular flexibility index (Phi) is 6.29. The number of aromatic nitrogens is 1. The second-order valence-electron chi connectivity index (χ2n) is 8.40. The Morgan fingerprint density at radius 1 is 1.23 bits per heavy atom. The molecule has 10 heteroatoms. The van der Waals surface area contributed by atoms with Crippen LogP contribution in [0, 0.1) is 5.92 Å². The van der Waals surface area contributed by atoms with Crippen LogP contribution < -0.4 is 10.2 Å². The van der Waals surface area contributed by atoms with E-state index < -0.39 is 20.7 Å². The highest BCUT2D eigenvalue weighted by atomic mass is 32.2. The quantitative estimate of drug-likeness (QED) is 0.487. The second kappa shape index (κ2) is 8.78. The first-order valence-electron chi connectivity index (χ1n) is 10.6. The molecule has 3 fully saturated rings. The summed E-state index contributed by atoms with van der Waals surface area (Å²) in [6.45, 7) is 1.71. The van der Waals surface area contributed by atoms with E-state index in [-0.39, 0.29) is 32.0 Å². The van der Waals surface area contributed by atoms with Gasteiger partial charge >= 0.3 is 0 Å². The SMILES string of the molecule is O=C(NO)C1(S(=O)(=O)N2CCC(c3ccc(OCC4CC4)cn3)CC2)CCOCC1. The molecule has 2 saturated heterocycles. The molecule has 0 unspecified atom stereocenters. The monoisotopic (exact) mass is 439 g/mol. The Labute approximate surface area is 176 Å². The van der Waals surface area contributed by atoms with Crippen LogP contribution in [0.2, 0.25) is 0 Å². The van der Waals surface area contributed by atoms with Crippen molar-refractivity contribution in [3.05, 3.63) is 24.0 Å². The molecule has 1 saturated carbocycles. The van der Waals surface area contributed by atoms with Gasteiger partial charge in [0.2, 0.25) is 10.0 Å². The maximum atomic E-state index is 13.3. The molecular formula is C20H29N3O6S. The van der Waals surface area contributed by atoms with Crippen LogP contribution in [0.15, 0.2) is 18.3 Å².